The topological polar surface area (TPSA) is 58.4 Å². The minimum Gasteiger partial charge on any atom is -0.328 e. The van der Waals surface area contributed by atoms with Crippen LogP contribution in [0.2, 0.25) is 0 Å². The number of likely N-dealkylation sites (N-methyl/N-ethyl adjacent to an activating group) is 1. The van der Waals surface area contributed by atoms with Crippen molar-refractivity contribution in [2.75, 3.05) is 18.9 Å². The molecule has 4 heteroatoms. The third-order valence-electron chi connectivity index (χ3n) is 4.62. The summed E-state index contributed by atoms with van der Waals surface area (Å²) in [5.74, 6) is 0.787. The second-order valence-corrected chi connectivity index (χ2v) is 6.24. The van der Waals surface area contributed by atoms with Gasteiger partial charge in [-0.15, -0.1) is 0 Å². The van der Waals surface area contributed by atoms with Gasteiger partial charge in [-0.1, -0.05) is 18.2 Å². The fraction of sp³-hybridized carbons (Fsp3) is 0.562. The number of amides is 1. The molecule has 1 unspecified atom stereocenters. The van der Waals surface area contributed by atoms with Crippen LogP contribution in [-0.2, 0) is 11.2 Å². The summed E-state index contributed by atoms with van der Waals surface area (Å²) in [6.07, 6.45) is 4.03. The molecule has 1 amide bonds. The van der Waals surface area contributed by atoms with Gasteiger partial charge in [-0.25, -0.2) is 0 Å². The minimum atomic E-state index is -0.0285. The Bertz CT molecular complexity index is 496. The number of nitrogens with one attached hydrogen (secondary N) is 1. The van der Waals surface area contributed by atoms with Crippen molar-refractivity contribution in [3.8, 4) is 0 Å². The van der Waals surface area contributed by atoms with E-state index < -0.39 is 0 Å². The lowest BCUT2D eigenvalue weighted by atomic mass is 9.80. The monoisotopic (exact) mass is 273 g/mol. The zero-order valence-electron chi connectivity index (χ0n) is 12.0. The lowest BCUT2D eigenvalue weighted by Gasteiger charge is -2.37. The number of nitrogens with two attached hydrogens (primary N) is 1. The quantitative estimate of drug-likeness (QED) is 0.879. The van der Waals surface area contributed by atoms with Gasteiger partial charge >= 0.3 is 0 Å². The molecule has 1 atom stereocenters. The molecule has 4 nitrogen and oxygen atoms in total. The number of hydrogen-bond donors (Lipinski definition) is 2. The molecular weight excluding hydrogens is 250 g/mol. The highest BCUT2D eigenvalue weighted by Crippen LogP contribution is 2.28. The van der Waals surface area contributed by atoms with Gasteiger partial charge in [-0.05, 0) is 50.3 Å². The van der Waals surface area contributed by atoms with Gasteiger partial charge in [0, 0.05) is 18.3 Å². The Kier molecular flexibility index (Phi) is 3.76. The summed E-state index contributed by atoms with van der Waals surface area (Å²) < 4.78 is 0. The molecule has 0 spiro atoms. The van der Waals surface area contributed by atoms with Gasteiger partial charge in [0.25, 0.3) is 0 Å². The summed E-state index contributed by atoms with van der Waals surface area (Å²) in [5, 5.41) is 3.07. The molecule has 1 saturated carbocycles. The van der Waals surface area contributed by atoms with Crippen LogP contribution in [0.25, 0.3) is 0 Å². The maximum Gasteiger partial charge on any atom is 0.241 e. The Balaban J connectivity index is 1.65. The van der Waals surface area contributed by atoms with E-state index in [1.54, 1.807) is 0 Å². The van der Waals surface area contributed by atoms with Gasteiger partial charge in [-0.2, -0.15) is 0 Å². The fourth-order valence-electron chi connectivity index (χ4n) is 3.39. The van der Waals surface area contributed by atoms with E-state index in [0.29, 0.717) is 12.0 Å². The van der Waals surface area contributed by atoms with Gasteiger partial charge in [0.2, 0.25) is 5.91 Å². The van der Waals surface area contributed by atoms with Crippen LogP contribution < -0.4 is 11.1 Å². The SMILES string of the molecule is CN(CC1CC(N)C1)C1CCc2ccccc2NC1=O. The van der Waals surface area contributed by atoms with Crippen molar-refractivity contribution in [1.29, 1.82) is 0 Å². The molecule has 1 aliphatic heterocycles. The first-order valence-corrected chi connectivity index (χ1v) is 7.48. The Morgan fingerprint density at radius 1 is 1.35 bits per heavy atom. The molecule has 1 aromatic carbocycles. The van der Waals surface area contributed by atoms with E-state index in [0.717, 1.165) is 37.9 Å². The maximum atomic E-state index is 12.4. The molecular formula is C16H23N3O. The van der Waals surface area contributed by atoms with Crippen LogP contribution >= 0.6 is 0 Å². The second kappa shape index (κ2) is 5.54. The van der Waals surface area contributed by atoms with Crippen molar-refractivity contribution < 1.29 is 4.79 Å². The zero-order chi connectivity index (χ0) is 14.1. The number of aryl methyl sites for hydroxylation is 1. The van der Waals surface area contributed by atoms with Gasteiger partial charge in [0.05, 0.1) is 6.04 Å². The molecule has 1 aromatic rings. The molecule has 0 aromatic heterocycles. The average molecular weight is 273 g/mol. The van der Waals surface area contributed by atoms with Crippen LogP contribution in [0, 0.1) is 5.92 Å². The highest BCUT2D eigenvalue weighted by atomic mass is 16.2. The smallest absolute Gasteiger partial charge is 0.241 e. The number of hydrogen-bond acceptors (Lipinski definition) is 3. The van der Waals surface area contributed by atoms with Crippen LogP contribution in [0.1, 0.15) is 24.8 Å². The van der Waals surface area contributed by atoms with Gasteiger partial charge in [0.1, 0.15) is 0 Å². The van der Waals surface area contributed by atoms with Gasteiger partial charge < -0.3 is 11.1 Å². The third-order valence-corrected chi connectivity index (χ3v) is 4.62. The highest BCUT2D eigenvalue weighted by molar-refractivity contribution is 5.96. The van der Waals surface area contributed by atoms with E-state index >= 15 is 0 Å². The Hall–Kier alpha value is -1.39. The molecule has 0 radical (unpaired) electrons. The molecule has 0 saturated heterocycles. The van der Waals surface area contributed by atoms with Crippen molar-refractivity contribution >= 4 is 11.6 Å². The van der Waals surface area contributed by atoms with Crippen molar-refractivity contribution in [3.63, 3.8) is 0 Å². The first-order valence-electron chi connectivity index (χ1n) is 7.48. The van der Waals surface area contributed by atoms with Crippen molar-refractivity contribution in [1.82, 2.24) is 4.90 Å². The van der Waals surface area contributed by atoms with Crippen molar-refractivity contribution in [2.24, 2.45) is 11.7 Å². The number of carbonyl (C=O) groups excluding carboxylic acids is 1. The normalized spacial score (nSPS) is 29.4. The number of rotatable bonds is 3. The van der Waals surface area contributed by atoms with E-state index in [9.17, 15) is 4.79 Å². The lowest BCUT2D eigenvalue weighted by Crippen LogP contribution is -2.47. The first-order chi connectivity index (χ1) is 9.63. The molecule has 3 rings (SSSR count). The van der Waals surface area contributed by atoms with E-state index in [4.69, 9.17) is 5.73 Å². The Labute approximate surface area is 120 Å². The second-order valence-electron chi connectivity index (χ2n) is 6.24. The van der Waals surface area contributed by atoms with Crippen LogP contribution in [0.4, 0.5) is 5.69 Å². The van der Waals surface area contributed by atoms with Gasteiger partial charge in [-0.3, -0.25) is 9.69 Å². The molecule has 1 heterocycles. The molecule has 0 bridgehead atoms. The Morgan fingerprint density at radius 2 is 2.10 bits per heavy atom. The van der Waals surface area contributed by atoms with Crippen molar-refractivity contribution in [3.05, 3.63) is 29.8 Å². The molecule has 1 fully saturated rings. The van der Waals surface area contributed by atoms with Crippen LogP contribution in [-0.4, -0.2) is 36.5 Å². The fourth-order valence-corrected chi connectivity index (χ4v) is 3.39. The number of carbonyl (C=O) groups is 1. The summed E-state index contributed by atoms with van der Waals surface area (Å²) in [6.45, 7) is 0.974. The Morgan fingerprint density at radius 3 is 2.85 bits per heavy atom. The van der Waals surface area contributed by atoms with E-state index in [2.05, 4.69) is 23.3 Å². The van der Waals surface area contributed by atoms with Crippen LogP contribution in [0.5, 0.6) is 0 Å². The zero-order valence-corrected chi connectivity index (χ0v) is 12.0. The van der Waals surface area contributed by atoms with Crippen LogP contribution in [0.15, 0.2) is 24.3 Å². The summed E-state index contributed by atoms with van der Waals surface area (Å²) in [5.41, 5.74) is 8.04. The average Bonchev–Trinajstić information content (AvgIpc) is 2.55. The lowest BCUT2D eigenvalue weighted by molar-refractivity contribution is -0.121. The van der Waals surface area contributed by atoms with E-state index in [1.807, 2.05) is 18.2 Å². The van der Waals surface area contributed by atoms with Gasteiger partial charge in [0.15, 0.2) is 0 Å². The molecule has 1 aliphatic carbocycles. The first kappa shape index (κ1) is 13.6. The summed E-state index contributed by atoms with van der Waals surface area (Å²) in [7, 11) is 2.06. The predicted molar refractivity (Wildman–Crippen MR) is 80.5 cm³/mol. The molecule has 20 heavy (non-hydrogen) atoms. The maximum absolute atomic E-state index is 12.4. The molecule has 3 N–H and O–H groups in total. The number of fused-ring (bicyclic) bond motifs is 1. The summed E-state index contributed by atoms with van der Waals surface area (Å²) in [6, 6.07) is 8.44. The van der Waals surface area contributed by atoms with E-state index in [-0.39, 0.29) is 11.9 Å². The number of nitrogens with zero attached hydrogens (tertiary/aromatic N) is 1. The molecule has 2 aliphatic rings. The summed E-state index contributed by atoms with van der Waals surface area (Å²) in [4.78, 5) is 14.6. The summed E-state index contributed by atoms with van der Waals surface area (Å²) >= 11 is 0. The van der Waals surface area contributed by atoms with Crippen LogP contribution in [0.3, 0.4) is 0 Å². The number of para-hydroxylation sites is 1. The largest absolute Gasteiger partial charge is 0.328 e. The highest BCUT2D eigenvalue weighted by Gasteiger charge is 2.32. The standard InChI is InChI=1S/C16H23N3O/c1-19(10-11-8-13(17)9-11)15-7-6-12-4-2-3-5-14(12)18-16(15)20/h2-5,11,13,15H,6-10,17H2,1H3,(H,18,20). The number of benzene rings is 1. The number of anilines is 1. The van der Waals surface area contributed by atoms with E-state index in [1.165, 1.54) is 5.56 Å². The third kappa shape index (κ3) is 2.72. The molecule has 108 valence electrons. The predicted octanol–water partition coefficient (Wildman–Crippen LogP) is 1.61. The van der Waals surface area contributed by atoms with Crippen molar-refractivity contribution in [2.45, 2.75) is 37.8 Å². The minimum absolute atomic E-state index is 0.0285.